The summed E-state index contributed by atoms with van der Waals surface area (Å²) < 4.78 is 40.3. The highest BCUT2D eigenvalue weighted by atomic mass is 19.2. The van der Waals surface area contributed by atoms with Crippen molar-refractivity contribution in [3.8, 4) is 0 Å². The van der Waals surface area contributed by atoms with Crippen molar-refractivity contribution in [3.63, 3.8) is 0 Å². The summed E-state index contributed by atoms with van der Waals surface area (Å²) in [4.78, 5) is 6.29. The van der Waals surface area contributed by atoms with Gasteiger partial charge in [-0.2, -0.15) is 10.1 Å². The highest BCUT2D eigenvalue weighted by molar-refractivity contribution is 5.68. The van der Waals surface area contributed by atoms with Gasteiger partial charge in [0.1, 0.15) is 0 Å². The third-order valence-corrected chi connectivity index (χ3v) is 4.27. The molecule has 4 rings (SSSR count). The van der Waals surface area contributed by atoms with Crippen molar-refractivity contribution in [2.24, 2.45) is 0 Å². The lowest BCUT2D eigenvalue weighted by atomic mass is 10.1. The smallest absolute Gasteiger partial charge is 0.252 e. The molecule has 0 spiro atoms. The molecule has 1 atom stereocenters. The van der Waals surface area contributed by atoms with Crippen molar-refractivity contribution in [2.75, 3.05) is 10.2 Å². The first-order valence-corrected chi connectivity index (χ1v) is 8.02. The minimum atomic E-state index is -1.54. The molecule has 0 saturated heterocycles. The molecule has 0 amide bonds. The molecular weight excluding hydrogens is 343 g/mol. The van der Waals surface area contributed by atoms with E-state index in [-0.39, 0.29) is 17.5 Å². The van der Waals surface area contributed by atoms with Crippen molar-refractivity contribution in [1.82, 2.24) is 15.2 Å². The van der Waals surface area contributed by atoms with E-state index in [1.807, 2.05) is 36.1 Å². The van der Waals surface area contributed by atoms with Gasteiger partial charge < -0.3 is 10.2 Å². The summed E-state index contributed by atoms with van der Waals surface area (Å²) in [7, 11) is 0. The largest absolute Gasteiger partial charge is 0.336 e. The topological polar surface area (TPSA) is 53.9 Å². The van der Waals surface area contributed by atoms with E-state index in [1.54, 1.807) is 0 Å². The maximum atomic E-state index is 13.9. The summed E-state index contributed by atoms with van der Waals surface area (Å²) in [6.45, 7) is 2.04. The fraction of sp³-hybridized carbons (Fsp3) is 0.167. The molecule has 0 radical (unpaired) electrons. The zero-order chi connectivity index (χ0) is 18.3. The zero-order valence-corrected chi connectivity index (χ0v) is 13.7. The Morgan fingerprint density at radius 3 is 2.73 bits per heavy atom. The van der Waals surface area contributed by atoms with Gasteiger partial charge in [0.2, 0.25) is 0 Å². The molecule has 1 aromatic heterocycles. The van der Waals surface area contributed by atoms with Gasteiger partial charge in [0, 0.05) is 11.7 Å². The molecule has 0 aliphatic carbocycles. The summed E-state index contributed by atoms with van der Waals surface area (Å²) in [5, 5.41) is 10.6. The predicted octanol–water partition coefficient (Wildman–Crippen LogP) is 4.12. The van der Waals surface area contributed by atoms with E-state index in [1.165, 1.54) is 11.8 Å². The van der Waals surface area contributed by atoms with Gasteiger partial charge >= 0.3 is 0 Å². The SMILES string of the molecule is CC1Cc2ccccc2N1c1nncc(Nc2ccc(F)c(F)c2F)n1. The molecular formula is C18H14F3N5. The van der Waals surface area contributed by atoms with Gasteiger partial charge in [0.05, 0.1) is 11.9 Å². The molecule has 2 heterocycles. The monoisotopic (exact) mass is 357 g/mol. The maximum absolute atomic E-state index is 13.9. The van der Waals surface area contributed by atoms with E-state index < -0.39 is 17.5 Å². The van der Waals surface area contributed by atoms with E-state index in [4.69, 9.17) is 0 Å². The molecule has 1 N–H and O–H groups in total. The molecule has 26 heavy (non-hydrogen) atoms. The van der Waals surface area contributed by atoms with Gasteiger partial charge in [-0.15, -0.1) is 5.10 Å². The Bertz CT molecular complexity index is 979. The van der Waals surface area contributed by atoms with Crippen LogP contribution in [0, 0.1) is 17.5 Å². The van der Waals surface area contributed by atoms with Gasteiger partial charge in [-0.05, 0) is 37.1 Å². The lowest BCUT2D eigenvalue weighted by molar-refractivity contribution is 0.449. The van der Waals surface area contributed by atoms with Gasteiger partial charge in [0.25, 0.3) is 5.95 Å². The number of aromatic nitrogens is 3. The van der Waals surface area contributed by atoms with Crippen LogP contribution in [-0.4, -0.2) is 21.2 Å². The molecule has 3 aromatic rings. The summed E-state index contributed by atoms with van der Waals surface area (Å²) in [6, 6.07) is 9.98. The van der Waals surface area contributed by atoms with E-state index in [2.05, 4.69) is 20.5 Å². The number of hydrogen-bond donors (Lipinski definition) is 1. The molecule has 132 valence electrons. The van der Waals surface area contributed by atoms with Gasteiger partial charge in [-0.3, -0.25) is 0 Å². The first-order chi connectivity index (χ1) is 12.5. The summed E-state index contributed by atoms with van der Waals surface area (Å²) in [6.07, 6.45) is 2.13. The van der Waals surface area contributed by atoms with Crippen LogP contribution in [0.4, 0.5) is 36.3 Å². The molecule has 2 aromatic carbocycles. The highest BCUT2D eigenvalue weighted by Gasteiger charge is 2.29. The zero-order valence-electron chi connectivity index (χ0n) is 13.7. The van der Waals surface area contributed by atoms with Crippen LogP contribution in [0.15, 0.2) is 42.6 Å². The second kappa shape index (κ2) is 6.29. The van der Waals surface area contributed by atoms with Crippen LogP contribution in [0.1, 0.15) is 12.5 Å². The number of rotatable bonds is 3. The van der Waals surface area contributed by atoms with Crippen LogP contribution in [-0.2, 0) is 6.42 Å². The normalized spacial score (nSPS) is 15.8. The number of nitrogens with one attached hydrogen (secondary N) is 1. The molecule has 1 aliphatic heterocycles. The van der Waals surface area contributed by atoms with Crippen molar-refractivity contribution in [1.29, 1.82) is 0 Å². The van der Waals surface area contributed by atoms with E-state index >= 15 is 0 Å². The number of benzene rings is 2. The molecule has 0 saturated carbocycles. The maximum Gasteiger partial charge on any atom is 0.252 e. The third-order valence-electron chi connectivity index (χ3n) is 4.27. The first-order valence-electron chi connectivity index (χ1n) is 8.02. The van der Waals surface area contributed by atoms with Gasteiger partial charge in [0.15, 0.2) is 23.3 Å². The highest BCUT2D eigenvalue weighted by Crippen LogP contribution is 2.36. The average Bonchev–Trinajstić information content (AvgIpc) is 2.98. The third kappa shape index (κ3) is 2.73. The molecule has 0 bridgehead atoms. The number of nitrogens with zero attached hydrogens (tertiary/aromatic N) is 4. The second-order valence-corrected chi connectivity index (χ2v) is 6.04. The Labute approximate surface area is 147 Å². The Kier molecular flexibility index (Phi) is 3.95. The van der Waals surface area contributed by atoms with E-state index in [9.17, 15) is 13.2 Å². The molecule has 8 heteroatoms. The average molecular weight is 357 g/mol. The summed E-state index contributed by atoms with van der Waals surface area (Å²) in [5.41, 5.74) is 1.93. The Morgan fingerprint density at radius 1 is 1.08 bits per heavy atom. The van der Waals surface area contributed by atoms with Crippen LogP contribution in [0.3, 0.4) is 0 Å². The second-order valence-electron chi connectivity index (χ2n) is 6.04. The van der Waals surface area contributed by atoms with E-state index in [0.717, 1.165) is 24.2 Å². The van der Waals surface area contributed by atoms with Gasteiger partial charge in [-0.25, -0.2) is 13.2 Å². The van der Waals surface area contributed by atoms with Crippen LogP contribution < -0.4 is 10.2 Å². The standard InChI is InChI=1S/C18H14F3N5/c1-10-8-11-4-2-3-5-14(11)26(10)18-24-15(9-22-25-18)23-13-7-6-12(19)16(20)17(13)21/h2-7,9-10H,8H2,1H3,(H,23,24,25). The van der Waals surface area contributed by atoms with Gasteiger partial charge in [-0.1, -0.05) is 18.2 Å². The number of hydrogen-bond acceptors (Lipinski definition) is 5. The van der Waals surface area contributed by atoms with Crippen LogP contribution in [0.2, 0.25) is 0 Å². The van der Waals surface area contributed by atoms with Crippen LogP contribution in [0.5, 0.6) is 0 Å². The lowest BCUT2D eigenvalue weighted by Gasteiger charge is -2.22. The lowest BCUT2D eigenvalue weighted by Crippen LogP contribution is -2.26. The Hall–Kier alpha value is -3.16. The Morgan fingerprint density at radius 2 is 1.88 bits per heavy atom. The minimum Gasteiger partial charge on any atom is -0.336 e. The van der Waals surface area contributed by atoms with Crippen LogP contribution >= 0.6 is 0 Å². The number of fused-ring (bicyclic) bond motifs is 1. The first kappa shape index (κ1) is 16.3. The molecule has 0 fully saturated rings. The molecule has 1 aliphatic rings. The Balaban J connectivity index is 1.67. The van der Waals surface area contributed by atoms with Crippen molar-refractivity contribution in [2.45, 2.75) is 19.4 Å². The van der Waals surface area contributed by atoms with Crippen molar-refractivity contribution < 1.29 is 13.2 Å². The number of halogens is 3. The quantitative estimate of drug-likeness (QED) is 0.715. The minimum absolute atomic E-state index is 0.129. The number of anilines is 4. The summed E-state index contributed by atoms with van der Waals surface area (Å²) >= 11 is 0. The van der Waals surface area contributed by atoms with E-state index in [0.29, 0.717) is 5.95 Å². The summed E-state index contributed by atoms with van der Waals surface area (Å²) in [5.74, 6) is -3.59. The predicted molar refractivity (Wildman–Crippen MR) is 91.2 cm³/mol. The molecule has 1 unspecified atom stereocenters. The molecule has 5 nitrogen and oxygen atoms in total. The van der Waals surface area contributed by atoms with Crippen molar-refractivity contribution >= 4 is 23.1 Å². The van der Waals surface area contributed by atoms with Crippen molar-refractivity contribution in [3.05, 3.63) is 65.6 Å². The number of para-hydroxylation sites is 1. The fourth-order valence-electron chi connectivity index (χ4n) is 3.09. The fourth-order valence-corrected chi connectivity index (χ4v) is 3.09. The van der Waals surface area contributed by atoms with Crippen LogP contribution in [0.25, 0.3) is 0 Å².